The first-order valence-electron chi connectivity index (χ1n) is 7.92. The molecular formula is C15H18BrFN2O7. The number of aromatic nitrogens is 2. The first kappa shape index (κ1) is 20.3. The molecule has 0 unspecified atom stereocenters. The van der Waals surface area contributed by atoms with Crippen LogP contribution >= 0.6 is 15.9 Å². The predicted molar refractivity (Wildman–Crippen MR) is 89.3 cm³/mol. The van der Waals surface area contributed by atoms with Crippen LogP contribution in [0.25, 0.3) is 0 Å². The topological polar surface area (TPSA) is 117 Å². The number of rotatable bonds is 6. The summed E-state index contributed by atoms with van der Waals surface area (Å²) in [6, 6.07) is 0. The van der Waals surface area contributed by atoms with Gasteiger partial charge in [0.05, 0.1) is 36.8 Å². The van der Waals surface area contributed by atoms with Crippen molar-refractivity contribution < 1.29 is 28.2 Å². The van der Waals surface area contributed by atoms with Gasteiger partial charge in [0.1, 0.15) is 5.92 Å². The van der Waals surface area contributed by atoms with Crippen LogP contribution in [0.15, 0.2) is 15.8 Å². The van der Waals surface area contributed by atoms with E-state index in [1.54, 1.807) is 13.8 Å². The van der Waals surface area contributed by atoms with E-state index in [-0.39, 0.29) is 19.6 Å². The Labute approximate surface area is 155 Å². The van der Waals surface area contributed by atoms with E-state index in [9.17, 15) is 23.6 Å². The Morgan fingerprint density at radius 1 is 1.31 bits per heavy atom. The summed E-state index contributed by atoms with van der Waals surface area (Å²) in [6.45, 7) is 3.52. The molecule has 0 aromatic carbocycles. The van der Waals surface area contributed by atoms with Gasteiger partial charge in [-0.3, -0.25) is 23.9 Å². The number of carbonyl (C=O) groups is 2. The van der Waals surface area contributed by atoms with Gasteiger partial charge in [-0.25, -0.2) is 4.79 Å². The lowest BCUT2D eigenvalue weighted by molar-refractivity contribution is -0.153. The minimum atomic E-state index is -1.19. The lowest BCUT2D eigenvalue weighted by atomic mass is 9.98. The third kappa shape index (κ3) is 4.21. The average Bonchev–Trinajstić information content (AvgIpc) is 2.87. The highest BCUT2D eigenvalue weighted by Crippen LogP contribution is 2.40. The highest BCUT2D eigenvalue weighted by atomic mass is 79.9. The number of nitrogens with one attached hydrogen (secondary N) is 1. The molecular weight excluding hydrogens is 419 g/mol. The molecule has 1 saturated heterocycles. The molecule has 1 aliphatic rings. The van der Waals surface area contributed by atoms with Crippen molar-refractivity contribution in [3.8, 4) is 0 Å². The number of H-pyrrole nitrogens is 1. The Morgan fingerprint density at radius 3 is 2.58 bits per heavy atom. The number of hydrogen-bond acceptors (Lipinski definition) is 7. The molecule has 1 N–H and O–H groups in total. The van der Waals surface area contributed by atoms with Crippen LogP contribution in [0.1, 0.15) is 26.5 Å². The van der Waals surface area contributed by atoms with Gasteiger partial charge in [-0.15, -0.1) is 0 Å². The second kappa shape index (κ2) is 8.58. The van der Waals surface area contributed by atoms with Crippen LogP contribution in [-0.2, 0) is 23.8 Å². The van der Waals surface area contributed by atoms with E-state index in [0.29, 0.717) is 6.20 Å². The summed E-state index contributed by atoms with van der Waals surface area (Å²) >= 11 is 3.27. The maximum absolute atomic E-state index is 13.6. The van der Waals surface area contributed by atoms with Crippen molar-refractivity contribution in [1.82, 2.24) is 9.55 Å². The average molecular weight is 437 g/mol. The van der Waals surface area contributed by atoms with Gasteiger partial charge in [-0.2, -0.15) is 4.39 Å². The molecule has 0 aliphatic carbocycles. The molecule has 11 heteroatoms. The smallest absolute Gasteiger partial charge is 0.330 e. The van der Waals surface area contributed by atoms with Gasteiger partial charge in [0.2, 0.25) is 5.82 Å². The van der Waals surface area contributed by atoms with E-state index in [1.165, 1.54) is 0 Å². The molecule has 1 aromatic rings. The third-order valence-electron chi connectivity index (χ3n) is 3.76. The molecule has 4 atom stereocenters. The van der Waals surface area contributed by atoms with Gasteiger partial charge in [0, 0.05) is 0 Å². The van der Waals surface area contributed by atoms with Crippen LogP contribution in [0.4, 0.5) is 4.39 Å². The summed E-state index contributed by atoms with van der Waals surface area (Å²) in [4.78, 5) is 48.3. The summed E-state index contributed by atoms with van der Waals surface area (Å²) in [5.74, 6) is -3.35. The van der Waals surface area contributed by atoms with Crippen molar-refractivity contribution in [3.63, 3.8) is 0 Å². The molecule has 0 amide bonds. The van der Waals surface area contributed by atoms with Crippen LogP contribution in [0.3, 0.4) is 0 Å². The monoisotopic (exact) mass is 436 g/mol. The zero-order valence-electron chi connectivity index (χ0n) is 14.1. The molecule has 2 rings (SSSR count). The van der Waals surface area contributed by atoms with Gasteiger partial charge in [-0.05, 0) is 13.8 Å². The summed E-state index contributed by atoms with van der Waals surface area (Å²) < 4.78 is 29.9. The van der Waals surface area contributed by atoms with Gasteiger partial charge < -0.3 is 14.2 Å². The maximum Gasteiger partial charge on any atom is 0.330 e. The molecule has 144 valence electrons. The molecule has 1 aromatic heterocycles. The Bertz CT molecular complexity index is 793. The van der Waals surface area contributed by atoms with E-state index < -0.39 is 52.1 Å². The molecule has 9 nitrogen and oxygen atoms in total. The van der Waals surface area contributed by atoms with Crippen LogP contribution in [-0.4, -0.2) is 45.6 Å². The molecule has 26 heavy (non-hydrogen) atoms. The Kier molecular flexibility index (Phi) is 6.70. The molecule has 1 aliphatic heterocycles. The highest BCUT2D eigenvalue weighted by Gasteiger charge is 2.50. The largest absolute Gasteiger partial charge is 0.466 e. The van der Waals surface area contributed by atoms with Crippen LogP contribution in [0.5, 0.6) is 0 Å². The zero-order valence-corrected chi connectivity index (χ0v) is 15.7. The van der Waals surface area contributed by atoms with Crippen molar-refractivity contribution in [2.24, 2.45) is 5.92 Å². The summed E-state index contributed by atoms with van der Waals surface area (Å²) in [5.41, 5.74) is -2.08. The van der Waals surface area contributed by atoms with Gasteiger partial charge >= 0.3 is 17.6 Å². The Morgan fingerprint density at radius 2 is 1.96 bits per heavy atom. The number of carbonyl (C=O) groups excluding carboxylic acids is 2. The van der Waals surface area contributed by atoms with E-state index in [4.69, 9.17) is 14.2 Å². The molecule has 0 spiro atoms. The molecule has 0 bridgehead atoms. The highest BCUT2D eigenvalue weighted by molar-refractivity contribution is 9.09. The number of alkyl halides is 1. The zero-order chi connectivity index (χ0) is 19.4. The lowest BCUT2D eigenvalue weighted by Crippen LogP contribution is -2.37. The number of aromatic amines is 1. The fourth-order valence-corrected chi connectivity index (χ4v) is 3.61. The van der Waals surface area contributed by atoms with Crippen molar-refractivity contribution in [2.45, 2.75) is 37.4 Å². The number of nitrogens with zero attached hydrogens (tertiary/aromatic N) is 1. The van der Waals surface area contributed by atoms with Crippen molar-refractivity contribution in [2.75, 3.05) is 13.2 Å². The summed E-state index contributed by atoms with van der Waals surface area (Å²) in [5, 5.41) is 0. The minimum absolute atomic E-state index is 0.110. The normalized spacial score (nSPS) is 25.1. The minimum Gasteiger partial charge on any atom is -0.466 e. The lowest BCUT2D eigenvalue weighted by Gasteiger charge is -2.18. The first-order chi connectivity index (χ1) is 12.3. The number of halogens is 2. The summed E-state index contributed by atoms with van der Waals surface area (Å²) in [6.07, 6.45) is -1.65. The van der Waals surface area contributed by atoms with Gasteiger partial charge in [0.25, 0.3) is 5.56 Å². The van der Waals surface area contributed by atoms with Crippen molar-refractivity contribution in [1.29, 1.82) is 0 Å². The molecule has 2 heterocycles. The van der Waals surface area contributed by atoms with Crippen molar-refractivity contribution >= 4 is 27.9 Å². The second-order valence-electron chi connectivity index (χ2n) is 5.44. The van der Waals surface area contributed by atoms with Crippen LogP contribution in [0, 0.1) is 11.7 Å². The standard InChI is InChI=1S/C15H18BrFN2O7/c1-3-24-9(20)5-8-10(14(22)25-4-2)11(16)13(26-8)19-6-7(17)12(21)18-15(19)23/h6,8,10-11,13H,3-5H2,1-2H3,(H,18,21,23)/t8-,10-,11+,13-/m0/s1. The van der Waals surface area contributed by atoms with Crippen LogP contribution < -0.4 is 11.2 Å². The third-order valence-corrected chi connectivity index (χ3v) is 4.78. The van der Waals surface area contributed by atoms with E-state index in [0.717, 1.165) is 4.57 Å². The summed E-state index contributed by atoms with van der Waals surface area (Å²) in [7, 11) is 0. The Balaban J connectivity index is 2.36. The number of ether oxygens (including phenoxy) is 3. The quantitative estimate of drug-likeness (QED) is 0.508. The number of hydrogen-bond donors (Lipinski definition) is 1. The molecule has 0 saturated carbocycles. The predicted octanol–water partition coefficient (Wildman–Crippen LogP) is 0.469. The fourth-order valence-electron chi connectivity index (χ4n) is 2.67. The first-order valence-corrected chi connectivity index (χ1v) is 8.84. The second-order valence-corrected chi connectivity index (χ2v) is 6.50. The SMILES string of the molecule is CCOC(=O)C[C@@H]1O[C@H](n2cc(F)c(=O)[nH]c2=O)[C@H](Br)[C@H]1C(=O)OCC. The molecule has 0 radical (unpaired) electrons. The molecule has 1 fully saturated rings. The fraction of sp³-hybridized carbons (Fsp3) is 0.600. The van der Waals surface area contributed by atoms with Gasteiger partial charge in [0.15, 0.2) is 6.23 Å². The van der Waals surface area contributed by atoms with E-state index >= 15 is 0 Å². The van der Waals surface area contributed by atoms with Crippen molar-refractivity contribution in [3.05, 3.63) is 32.9 Å². The van der Waals surface area contributed by atoms with Gasteiger partial charge in [-0.1, -0.05) is 15.9 Å². The Hall–Kier alpha value is -2.01. The number of esters is 2. The van der Waals surface area contributed by atoms with Crippen LogP contribution in [0.2, 0.25) is 0 Å². The maximum atomic E-state index is 13.6. The van der Waals surface area contributed by atoms with E-state index in [2.05, 4.69) is 15.9 Å². The van der Waals surface area contributed by atoms with E-state index in [1.807, 2.05) is 4.98 Å².